The van der Waals surface area contributed by atoms with Gasteiger partial charge in [0.25, 0.3) is 0 Å². The molecule has 1 heterocycles. The number of methoxy groups -OCH3 is 1. The zero-order chi connectivity index (χ0) is 15.3. The summed E-state index contributed by atoms with van der Waals surface area (Å²) in [5.41, 5.74) is 0.294. The molecule has 0 aromatic carbocycles. The largest absolute Gasteiger partial charge is 0.468 e. The summed E-state index contributed by atoms with van der Waals surface area (Å²) >= 11 is 0. The van der Waals surface area contributed by atoms with Gasteiger partial charge < -0.3 is 9.64 Å². The normalized spacial score (nSPS) is 10.4. The van der Waals surface area contributed by atoms with Crippen LogP contribution in [0.15, 0.2) is 0 Å². The molecule has 0 unspecified atom stereocenters. The highest BCUT2D eigenvalue weighted by molar-refractivity contribution is 5.77. The highest BCUT2D eigenvalue weighted by Gasteiger charge is 2.29. The summed E-state index contributed by atoms with van der Waals surface area (Å²) in [6.45, 7) is 6.36. The number of nitrogens with zero attached hydrogens (tertiary/aromatic N) is 4. The summed E-state index contributed by atoms with van der Waals surface area (Å²) in [6.07, 6.45) is 0.752. The zero-order valence-electron chi connectivity index (χ0n) is 12.3. The molecule has 0 amide bonds. The lowest BCUT2D eigenvalue weighted by atomic mass is 10.3. The Morgan fingerprint density at radius 2 is 2.15 bits per heavy atom. The van der Waals surface area contributed by atoms with Crippen LogP contribution in [-0.2, 0) is 16.1 Å². The van der Waals surface area contributed by atoms with Crippen molar-refractivity contribution >= 4 is 17.5 Å². The van der Waals surface area contributed by atoms with E-state index in [0.29, 0.717) is 24.6 Å². The van der Waals surface area contributed by atoms with Crippen LogP contribution in [0.1, 0.15) is 26.0 Å². The zero-order valence-corrected chi connectivity index (χ0v) is 12.3. The predicted molar refractivity (Wildman–Crippen MR) is 73.8 cm³/mol. The third kappa shape index (κ3) is 3.25. The fourth-order valence-corrected chi connectivity index (χ4v) is 2.06. The maximum atomic E-state index is 11.5. The van der Waals surface area contributed by atoms with Crippen molar-refractivity contribution in [2.75, 3.05) is 25.1 Å². The van der Waals surface area contributed by atoms with Gasteiger partial charge in [-0.15, -0.1) is 0 Å². The number of aromatic nitrogens is 2. The van der Waals surface area contributed by atoms with Crippen LogP contribution < -0.4 is 4.90 Å². The molecular weight excluding hydrogens is 264 g/mol. The third-order valence-electron chi connectivity index (χ3n) is 2.89. The van der Waals surface area contributed by atoms with Gasteiger partial charge in [0.1, 0.15) is 12.2 Å². The average Bonchev–Trinajstić information content (AvgIpc) is 2.74. The molecule has 0 N–H and O–H groups in total. The van der Waals surface area contributed by atoms with Crippen molar-refractivity contribution < 1.29 is 14.5 Å². The molecule has 0 bridgehead atoms. The molecule has 0 saturated carbocycles. The molecule has 0 radical (unpaired) electrons. The second-order valence-corrected chi connectivity index (χ2v) is 4.33. The minimum absolute atomic E-state index is 0.0314. The van der Waals surface area contributed by atoms with Gasteiger partial charge >= 0.3 is 11.7 Å². The summed E-state index contributed by atoms with van der Waals surface area (Å²) in [5.74, 6) is -0.0727. The molecule has 1 aromatic heterocycles. The molecule has 0 aliphatic heterocycles. The first kappa shape index (κ1) is 15.9. The van der Waals surface area contributed by atoms with E-state index in [1.54, 1.807) is 16.5 Å². The lowest BCUT2D eigenvalue weighted by molar-refractivity contribution is -0.384. The van der Waals surface area contributed by atoms with Crippen LogP contribution >= 0.6 is 0 Å². The number of esters is 1. The molecule has 20 heavy (non-hydrogen) atoms. The SMILES string of the molecule is CCCN(CC(=O)OC)c1c([N+](=O)[O-])c(C)nn1CC. The number of carbonyl (C=O) groups is 1. The van der Waals surface area contributed by atoms with E-state index in [2.05, 4.69) is 9.84 Å². The fraction of sp³-hybridized carbons (Fsp3) is 0.667. The number of aryl methyl sites for hydroxylation is 2. The van der Waals surface area contributed by atoms with Gasteiger partial charge in [-0.2, -0.15) is 5.10 Å². The first-order chi connectivity index (χ1) is 9.46. The van der Waals surface area contributed by atoms with Crippen molar-refractivity contribution in [2.24, 2.45) is 0 Å². The molecule has 0 saturated heterocycles. The van der Waals surface area contributed by atoms with E-state index in [9.17, 15) is 14.9 Å². The summed E-state index contributed by atoms with van der Waals surface area (Å²) in [5, 5.41) is 15.4. The summed E-state index contributed by atoms with van der Waals surface area (Å²) in [6, 6.07) is 0. The van der Waals surface area contributed by atoms with Crippen LogP contribution in [0, 0.1) is 17.0 Å². The van der Waals surface area contributed by atoms with Gasteiger partial charge in [0.2, 0.25) is 5.82 Å². The van der Waals surface area contributed by atoms with Crippen LogP contribution in [0.5, 0.6) is 0 Å². The predicted octanol–water partition coefficient (Wildman–Crippen LogP) is 1.51. The molecule has 0 atom stereocenters. The number of carbonyl (C=O) groups excluding carboxylic acids is 1. The van der Waals surface area contributed by atoms with Crippen LogP contribution in [0.4, 0.5) is 11.5 Å². The highest BCUT2D eigenvalue weighted by atomic mass is 16.6. The number of ether oxygens (including phenoxy) is 1. The van der Waals surface area contributed by atoms with Crippen molar-refractivity contribution in [1.82, 2.24) is 9.78 Å². The first-order valence-corrected chi connectivity index (χ1v) is 6.49. The lowest BCUT2D eigenvalue weighted by Gasteiger charge is -2.22. The first-order valence-electron chi connectivity index (χ1n) is 6.49. The Morgan fingerprint density at radius 1 is 1.50 bits per heavy atom. The fourth-order valence-electron chi connectivity index (χ4n) is 2.06. The van der Waals surface area contributed by atoms with Gasteiger partial charge in [0, 0.05) is 13.1 Å². The van der Waals surface area contributed by atoms with Gasteiger partial charge in [-0.25, -0.2) is 4.68 Å². The van der Waals surface area contributed by atoms with Crippen molar-refractivity contribution in [3.63, 3.8) is 0 Å². The summed E-state index contributed by atoms with van der Waals surface area (Å²) in [7, 11) is 1.29. The summed E-state index contributed by atoms with van der Waals surface area (Å²) in [4.78, 5) is 23.9. The second kappa shape index (κ2) is 6.88. The molecule has 8 heteroatoms. The standard InChI is InChI=1S/C12H20N4O4/c1-5-7-14(8-10(17)20-4)12-11(16(18)19)9(3)13-15(12)6-2/h5-8H2,1-4H3. The molecule has 0 aliphatic carbocycles. The van der Waals surface area contributed by atoms with Gasteiger partial charge in [-0.05, 0) is 20.3 Å². The maximum absolute atomic E-state index is 11.5. The lowest BCUT2D eigenvalue weighted by Crippen LogP contribution is -2.33. The van der Waals surface area contributed by atoms with E-state index >= 15 is 0 Å². The Hall–Kier alpha value is -2.12. The third-order valence-corrected chi connectivity index (χ3v) is 2.89. The van der Waals surface area contributed by atoms with Crippen molar-refractivity contribution in [2.45, 2.75) is 33.7 Å². The minimum Gasteiger partial charge on any atom is -0.468 e. The molecule has 0 aliphatic rings. The number of anilines is 1. The smallest absolute Gasteiger partial charge is 0.333 e. The quantitative estimate of drug-likeness (QED) is 0.428. The van der Waals surface area contributed by atoms with Crippen LogP contribution in [0.3, 0.4) is 0 Å². The monoisotopic (exact) mass is 284 g/mol. The van der Waals surface area contributed by atoms with E-state index in [1.165, 1.54) is 7.11 Å². The van der Waals surface area contributed by atoms with Crippen molar-refractivity contribution in [1.29, 1.82) is 0 Å². The number of hydrogen-bond acceptors (Lipinski definition) is 6. The Balaban J connectivity index is 3.29. The van der Waals surface area contributed by atoms with Gasteiger partial charge in [-0.1, -0.05) is 6.92 Å². The molecule has 0 fully saturated rings. The Morgan fingerprint density at radius 3 is 2.60 bits per heavy atom. The van der Waals surface area contributed by atoms with Crippen LogP contribution in [0.2, 0.25) is 0 Å². The number of rotatable bonds is 7. The van der Waals surface area contributed by atoms with Gasteiger partial charge in [0.05, 0.1) is 12.0 Å². The molecule has 0 spiro atoms. The van der Waals surface area contributed by atoms with Crippen molar-refractivity contribution in [3.8, 4) is 0 Å². The van der Waals surface area contributed by atoms with E-state index in [-0.39, 0.29) is 12.2 Å². The molecular formula is C12H20N4O4. The van der Waals surface area contributed by atoms with Gasteiger partial charge in [-0.3, -0.25) is 14.9 Å². The molecule has 1 rings (SSSR count). The Labute approximate surface area is 117 Å². The highest BCUT2D eigenvalue weighted by Crippen LogP contribution is 2.31. The van der Waals surface area contributed by atoms with E-state index in [4.69, 9.17) is 0 Å². The van der Waals surface area contributed by atoms with E-state index < -0.39 is 10.9 Å². The maximum Gasteiger partial charge on any atom is 0.333 e. The molecule has 1 aromatic rings. The second-order valence-electron chi connectivity index (χ2n) is 4.33. The molecule has 112 valence electrons. The minimum atomic E-state index is -0.455. The van der Waals surface area contributed by atoms with Gasteiger partial charge in [0.15, 0.2) is 0 Å². The average molecular weight is 284 g/mol. The topological polar surface area (TPSA) is 90.5 Å². The Bertz CT molecular complexity index is 498. The van der Waals surface area contributed by atoms with E-state index in [0.717, 1.165) is 6.42 Å². The van der Waals surface area contributed by atoms with Crippen LogP contribution in [0.25, 0.3) is 0 Å². The number of nitro groups is 1. The summed E-state index contributed by atoms with van der Waals surface area (Å²) < 4.78 is 6.20. The Kier molecular flexibility index (Phi) is 5.48. The number of hydrogen-bond donors (Lipinski definition) is 0. The van der Waals surface area contributed by atoms with Crippen molar-refractivity contribution in [3.05, 3.63) is 15.8 Å². The molecule has 8 nitrogen and oxygen atoms in total. The van der Waals surface area contributed by atoms with E-state index in [1.807, 2.05) is 13.8 Å². The van der Waals surface area contributed by atoms with Crippen LogP contribution in [-0.4, -0.2) is 40.9 Å².